The van der Waals surface area contributed by atoms with Crippen molar-refractivity contribution < 1.29 is 19.1 Å². The smallest absolute Gasteiger partial charge is 0.298 e. The molecule has 0 aliphatic carbocycles. The number of carbonyl (C=O) groups is 2. The molecule has 0 saturated carbocycles. The van der Waals surface area contributed by atoms with Crippen LogP contribution in [0.4, 0.5) is 10.5 Å². The van der Waals surface area contributed by atoms with Crippen LogP contribution in [0.5, 0.6) is 11.5 Å². The summed E-state index contributed by atoms with van der Waals surface area (Å²) in [6, 6.07) is 10.3. The number of nitrogens with zero attached hydrogens (tertiary/aromatic N) is 1. The number of hydrogen-bond acceptors (Lipinski definition) is 5. The van der Waals surface area contributed by atoms with Crippen molar-refractivity contribution in [3.05, 3.63) is 68.1 Å². The van der Waals surface area contributed by atoms with E-state index >= 15 is 0 Å². The third-order valence-electron chi connectivity index (χ3n) is 3.84. The van der Waals surface area contributed by atoms with Gasteiger partial charge in [0.15, 0.2) is 11.5 Å². The molecule has 2 aromatic rings. The van der Waals surface area contributed by atoms with Gasteiger partial charge < -0.3 is 9.47 Å². The molecular weight excluding hydrogens is 525 g/mol. The molecule has 1 fully saturated rings. The van der Waals surface area contributed by atoms with Gasteiger partial charge in [0.1, 0.15) is 6.61 Å². The SMILES string of the molecule is C=CCOc1c(I)cc(/C=C2/SC(=O)N(c3cccc(Cl)c3)C2=O)cc1OCC. The van der Waals surface area contributed by atoms with Gasteiger partial charge in [0, 0.05) is 5.02 Å². The van der Waals surface area contributed by atoms with Gasteiger partial charge in [-0.05, 0) is 83.2 Å². The molecule has 0 bridgehead atoms. The summed E-state index contributed by atoms with van der Waals surface area (Å²) in [5.41, 5.74) is 1.18. The van der Waals surface area contributed by atoms with Crippen LogP contribution in [-0.4, -0.2) is 24.4 Å². The van der Waals surface area contributed by atoms with Crippen molar-refractivity contribution in [2.24, 2.45) is 0 Å². The van der Waals surface area contributed by atoms with E-state index in [1.54, 1.807) is 42.5 Å². The van der Waals surface area contributed by atoms with Gasteiger partial charge in [-0.3, -0.25) is 9.59 Å². The highest BCUT2D eigenvalue weighted by Gasteiger charge is 2.36. The van der Waals surface area contributed by atoms with Crippen molar-refractivity contribution in [1.29, 1.82) is 0 Å². The molecule has 5 nitrogen and oxygen atoms in total. The molecule has 1 aliphatic heterocycles. The molecule has 8 heteroatoms. The summed E-state index contributed by atoms with van der Waals surface area (Å²) in [5.74, 6) is 0.806. The van der Waals surface area contributed by atoms with Crippen LogP contribution in [0.25, 0.3) is 6.08 Å². The summed E-state index contributed by atoms with van der Waals surface area (Å²) in [6.45, 7) is 6.36. The minimum Gasteiger partial charge on any atom is -0.490 e. The first-order valence-corrected chi connectivity index (χ1v) is 11.0. The van der Waals surface area contributed by atoms with Crippen LogP contribution in [0.2, 0.25) is 5.02 Å². The van der Waals surface area contributed by atoms with E-state index in [1.807, 2.05) is 13.0 Å². The van der Waals surface area contributed by atoms with E-state index in [-0.39, 0.29) is 11.1 Å². The summed E-state index contributed by atoms with van der Waals surface area (Å²) >= 11 is 9.04. The summed E-state index contributed by atoms with van der Waals surface area (Å²) in [6.07, 6.45) is 3.34. The molecule has 2 amide bonds. The first-order chi connectivity index (χ1) is 13.9. The second-order valence-corrected chi connectivity index (χ2v) is 8.45. The van der Waals surface area contributed by atoms with Crippen LogP contribution in [-0.2, 0) is 4.79 Å². The van der Waals surface area contributed by atoms with Crippen molar-refractivity contribution >= 4 is 68.9 Å². The number of imide groups is 1. The number of ether oxygens (including phenoxy) is 2. The number of hydrogen-bond donors (Lipinski definition) is 0. The predicted octanol–water partition coefficient (Wildman–Crippen LogP) is 6.15. The molecule has 0 atom stereocenters. The Bertz CT molecular complexity index is 1010. The molecule has 1 saturated heterocycles. The Balaban J connectivity index is 1.94. The lowest BCUT2D eigenvalue weighted by Crippen LogP contribution is -2.27. The van der Waals surface area contributed by atoms with Crippen LogP contribution in [0.15, 0.2) is 54.0 Å². The van der Waals surface area contributed by atoms with Crippen molar-refractivity contribution in [1.82, 2.24) is 0 Å². The summed E-state index contributed by atoms with van der Waals surface area (Å²) in [5, 5.41) is 0.0886. The van der Waals surface area contributed by atoms with Crippen molar-refractivity contribution in [2.75, 3.05) is 18.1 Å². The Hall–Kier alpha value is -1.97. The number of anilines is 1. The van der Waals surface area contributed by atoms with Gasteiger partial charge >= 0.3 is 0 Å². The highest BCUT2D eigenvalue weighted by Crippen LogP contribution is 2.39. The van der Waals surface area contributed by atoms with E-state index in [0.717, 1.165) is 25.8 Å². The Morgan fingerprint density at radius 2 is 2.03 bits per heavy atom. The lowest BCUT2D eigenvalue weighted by Gasteiger charge is -2.14. The Morgan fingerprint density at radius 1 is 1.24 bits per heavy atom. The van der Waals surface area contributed by atoms with Gasteiger partial charge in [-0.25, -0.2) is 4.90 Å². The van der Waals surface area contributed by atoms with Crippen LogP contribution >= 0.6 is 46.0 Å². The van der Waals surface area contributed by atoms with E-state index in [1.165, 1.54) is 0 Å². The van der Waals surface area contributed by atoms with E-state index in [2.05, 4.69) is 29.2 Å². The summed E-state index contributed by atoms with van der Waals surface area (Å²) < 4.78 is 12.2. The van der Waals surface area contributed by atoms with Gasteiger partial charge in [0.25, 0.3) is 11.1 Å². The zero-order chi connectivity index (χ0) is 21.0. The molecule has 0 spiro atoms. The Labute approximate surface area is 191 Å². The van der Waals surface area contributed by atoms with E-state index in [9.17, 15) is 9.59 Å². The van der Waals surface area contributed by atoms with Gasteiger partial charge in [-0.1, -0.05) is 30.3 Å². The molecule has 3 rings (SSSR count). The number of amides is 2. The first kappa shape index (κ1) is 21.7. The average molecular weight is 542 g/mol. The molecule has 29 heavy (non-hydrogen) atoms. The second-order valence-electron chi connectivity index (χ2n) is 5.86. The fourth-order valence-electron chi connectivity index (χ4n) is 2.67. The molecule has 150 valence electrons. The largest absolute Gasteiger partial charge is 0.490 e. The van der Waals surface area contributed by atoms with Crippen molar-refractivity contribution in [3.63, 3.8) is 0 Å². The number of halogens is 2. The average Bonchev–Trinajstić information content (AvgIpc) is 2.94. The predicted molar refractivity (Wildman–Crippen MR) is 126 cm³/mol. The molecule has 1 heterocycles. The zero-order valence-corrected chi connectivity index (χ0v) is 19.2. The second kappa shape index (κ2) is 9.69. The maximum Gasteiger partial charge on any atom is 0.298 e. The van der Waals surface area contributed by atoms with Crippen molar-refractivity contribution in [3.8, 4) is 11.5 Å². The maximum absolute atomic E-state index is 12.8. The van der Waals surface area contributed by atoms with E-state index < -0.39 is 0 Å². The van der Waals surface area contributed by atoms with Crippen molar-refractivity contribution in [2.45, 2.75) is 6.92 Å². The minimum atomic E-state index is -0.387. The minimum absolute atomic E-state index is 0.327. The number of benzene rings is 2. The maximum atomic E-state index is 12.8. The highest BCUT2D eigenvalue weighted by atomic mass is 127. The fraction of sp³-hybridized carbons (Fsp3) is 0.143. The van der Waals surface area contributed by atoms with Gasteiger partial charge in [0.05, 0.1) is 20.8 Å². The molecule has 0 N–H and O–H groups in total. The van der Waals surface area contributed by atoms with E-state index in [0.29, 0.717) is 40.3 Å². The number of thioether (sulfide) groups is 1. The standard InChI is InChI=1S/C21H17ClINO4S/c1-3-8-28-19-16(23)9-13(10-17(19)27-4-2)11-18-20(25)24(21(26)29-18)15-7-5-6-14(22)12-15/h3,5-7,9-12H,1,4,8H2,2H3/b18-11+. The van der Waals surface area contributed by atoms with Gasteiger partial charge in [-0.15, -0.1) is 0 Å². The third kappa shape index (κ3) is 4.96. The van der Waals surface area contributed by atoms with Crippen LogP contribution in [0.1, 0.15) is 12.5 Å². The van der Waals surface area contributed by atoms with Crippen LogP contribution in [0, 0.1) is 3.57 Å². The van der Waals surface area contributed by atoms with Gasteiger partial charge in [0.2, 0.25) is 0 Å². The van der Waals surface area contributed by atoms with Gasteiger partial charge in [-0.2, -0.15) is 0 Å². The molecule has 0 unspecified atom stereocenters. The normalized spacial score (nSPS) is 15.1. The number of rotatable bonds is 7. The van der Waals surface area contributed by atoms with Crippen LogP contribution in [0.3, 0.4) is 0 Å². The monoisotopic (exact) mass is 541 g/mol. The highest BCUT2D eigenvalue weighted by molar-refractivity contribution is 14.1. The Morgan fingerprint density at radius 3 is 2.72 bits per heavy atom. The Kier molecular flexibility index (Phi) is 7.26. The zero-order valence-electron chi connectivity index (χ0n) is 15.5. The topological polar surface area (TPSA) is 55.8 Å². The molecule has 2 aromatic carbocycles. The van der Waals surface area contributed by atoms with Crippen LogP contribution < -0.4 is 14.4 Å². The number of carbonyl (C=O) groups excluding carboxylic acids is 2. The van der Waals surface area contributed by atoms with E-state index in [4.69, 9.17) is 21.1 Å². The molecule has 1 aliphatic rings. The molecule has 0 aromatic heterocycles. The summed E-state index contributed by atoms with van der Waals surface area (Å²) in [4.78, 5) is 26.7. The fourth-order valence-corrected chi connectivity index (χ4v) is 4.48. The molecule has 0 radical (unpaired) electrons. The lowest BCUT2D eigenvalue weighted by molar-refractivity contribution is -0.113. The summed E-state index contributed by atoms with van der Waals surface area (Å²) in [7, 11) is 0. The third-order valence-corrected chi connectivity index (χ3v) is 5.74. The quantitative estimate of drug-likeness (QED) is 0.239. The first-order valence-electron chi connectivity index (χ1n) is 8.68. The lowest BCUT2D eigenvalue weighted by atomic mass is 10.1. The molecular formula is C21H17ClINO4S.